The highest BCUT2D eigenvalue weighted by Crippen LogP contribution is 2.33. The van der Waals surface area contributed by atoms with Crippen molar-refractivity contribution < 1.29 is 9.47 Å². The van der Waals surface area contributed by atoms with Crippen molar-refractivity contribution in [2.24, 2.45) is 0 Å². The quantitative estimate of drug-likeness (QED) is 0.611. The summed E-state index contributed by atoms with van der Waals surface area (Å²) >= 11 is 0. The Labute approximate surface area is 151 Å². The van der Waals surface area contributed by atoms with Crippen molar-refractivity contribution in [2.45, 2.75) is 27.7 Å². The Morgan fingerprint density at radius 3 is 2.00 bits per heavy atom. The van der Waals surface area contributed by atoms with Crippen LogP contribution in [0.4, 0.5) is 5.69 Å². The lowest BCUT2D eigenvalue weighted by atomic mass is 9.98. The molecule has 0 aliphatic rings. The lowest BCUT2D eigenvalue weighted by Crippen LogP contribution is -2.22. The van der Waals surface area contributed by atoms with E-state index in [1.165, 1.54) is 0 Å². The van der Waals surface area contributed by atoms with Crippen LogP contribution in [0.1, 0.15) is 38.8 Å². The first-order valence-corrected chi connectivity index (χ1v) is 9.08. The maximum absolute atomic E-state index is 5.90. The first-order chi connectivity index (χ1) is 12.1. The molecule has 0 saturated heterocycles. The van der Waals surface area contributed by atoms with Crippen LogP contribution in [0.2, 0.25) is 0 Å². The van der Waals surface area contributed by atoms with Gasteiger partial charge in [0.1, 0.15) is 11.5 Å². The van der Waals surface area contributed by atoms with Crippen LogP contribution in [0.15, 0.2) is 49.0 Å². The molecule has 2 aromatic rings. The SMILES string of the molecule is C=C(c1ccc(OCC)cc1)c1ccc(N(CC)CC)c(OCC)c1. The summed E-state index contributed by atoms with van der Waals surface area (Å²) in [5.74, 6) is 1.79. The number of anilines is 1. The molecule has 2 aromatic carbocycles. The Balaban J connectivity index is 2.31. The van der Waals surface area contributed by atoms with Crippen molar-refractivity contribution in [1.82, 2.24) is 0 Å². The highest BCUT2D eigenvalue weighted by Gasteiger charge is 2.12. The number of ether oxygens (including phenoxy) is 2. The van der Waals surface area contributed by atoms with E-state index < -0.39 is 0 Å². The van der Waals surface area contributed by atoms with Gasteiger partial charge in [-0.25, -0.2) is 0 Å². The standard InChI is InChI=1S/C22H29NO2/c1-6-23(7-2)21-15-12-19(16-22(21)25-9-4)17(5)18-10-13-20(14-11-18)24-8-3/h10-16H,5-9H2,1-4H3. The Morgan fingerprint density at radius 2 is 1.44 bits per heavy atom. The topological polar surface area (TPSA) is 21.7 Å². The van der Waals surface area contributed by atoms with Gasteiger partial charge in [0.25, 0.3) is 0 Å². The summed E-state index contributed by atoms with van der Waals surface area (Å²) in [6.07, 6.45) is 0. The van der Waals surface area contributed by atoms with Crippen molar-refractivity contribution >= 4 is 11.3 Å². The maximum Gasteiger partial charge on any atom is 0.143 e. The van der Waals surface area contributed by atoms with Crippen LogP contribution < -0.4 is 14.4 Å². The number of rotatable bonds is 9. The van der Waals surface area contributed by atoms with E-state index in [1.807, 2.05) is 38.1 Å². The van der Waals surface area contributed by atoms with Gasteiger partial charge in [-0.1, -0.05) is 24.8 Å². The van der Waals surface area contributed by atoms with Gasteiger partial charge in [-0.05, 0) is 68.7 Å². The minimum absolute atomic E-state index is 0.646. The molecule has 3 heteroatoms. The average molecular weight is 339 g/mol. The molecule has 134 valence electrons. The van der Waals surface area contributed by atoms with E-state index in [0.717, 1.165) is 47.0 Å². The third-order valence-electron chi connectivity index (χ3n) is 4.23. The highest BCUT2D eigenvalue weighted by molar-refractivity contribution is 5.80. The van der Waals surface area contributed by atoms with Gasteiger partial charge in [0.2, 0.25) is 0 Å². The van der Waals surface area contributed by atoms with Gasteiger partial charge in [-0.15, -0.1) is 0 Å². The molecule has 3 nitrogen and oxygen atoms in total. The molecule has 0 radical (unpaired) electrons. The van der Waals surface area contributed by atoms with Gasteiger partial charge >= 0.3 is 0 Å². The van der Waals surface area contributed by atoms with Crippen molar-refractivity contribution in [3.63, 3.8) is 0 Å². The third-order valence-corrected chi connectivity index (χ3v) is 4.23. The van der Waals surface area contributed by atoms with Crippen LogP contribution in [0.5, 0.6) is 11.5 Å². The van der Waals surface area contributed by atoms with Crippen molar-refractivity contribution in [3.05, 3.63) is 60.2 Å². The molecule has 2 rings (SSSR count). The fraction of sp³-hybridized carbons (Fsp3) is 0.364. The number of hydrogen-bond acceptors (Lipinski definition) is 3. The first kappa shape index (κ1) is 18.9. The fourth-order valence-electron chi connectivity index (χ4n) is 2.88. The van der Waals surface area contributed by atoms with Gasteiger partial charge in [0.15, 0.2) is 0 Å². The zero-order valence-corrected chi connectivity index (χ0v) is 15.8. The van der Waals surface area contributed by atoms with E-state index >= 15 is 0 Å². The summed E-state index contributed by atoms with van der Waals surface area (Å²) in [5, 5.41) is 0. The van der Waals surface area contributed by atoms with Crippen LogP contribution >= 0.6 is 0 Å². The predicted octanol–water partition coefficient (Wildman–Crippen LogP) is 5.39. The molecule has 0 N–H and O–H groups in total. The van der Waals surface area contributed by atoms with Crippen molar-refractivity contribution in [2.75, 3.05) is 31.2 Å². The van der Waals surface area contributed by atoms with Crippen LogP contribution in [0, 0.1) is 0 Å². The number of benzene rings is 2. The van der Waals surface area contributed by atoms with Gasteiger partial charge in [0, 0.05) is 13.1 Å². The summed E-state index contributed by atoms with van der Waals surface area (Å²) in [6, 6.07) is 14.4. The third kappa shape index (κ3) is 4.56. The fourth-order valence-corrected chi connectivity index (χ4v) is 2.88. The van der Waals surface area contributed by atoms with Crippen molar-refractivity contribution in [1.29, 1.82) is 0 Å². The van der Waals surface area contributed by atoms with E-state index in [9.17, 15) is 0 Å². The van der Waals surface area contributed by atoms with Gasteiger partial charge in [-0.3, -0.25) is 0 Å². The molecule has 0 saturated carbocycles. The molecular formula is C22H29NO2. The largest absolute Gasteiger partial charge is 0.494 e. The second kappa shape index (κ2) is 9.16. The molecule has 25 heavy (non-hydrogen) atoms. The second-order valence-electron chi connectivity index (χ2n) is 5.72. The summed E-state index contributed by atoms with van der Waals surface area (Å²) in [5.41, 5.74) is 4.27. The molecule has 0 unspecified atom stereocenters. The molecule has 0 aromatic heterocycles. The van der Waals surface area contributed by atoms with Gasteiger partial charge < -0.3 is 14.4 Å². The zero-order chi connectivity index (χ0) is 18.2. The first-order valence-electron chi connectivity index (χ1n) is 9.08. The Bertz CT molecular complexity index is 688. The maximum atomic E-state index is 5.90. The van der Waals surface area contributed by atoms with E-state index in [1.54, 1.807) is 0 Å². The van der Waals surface area contributed by atoms with Crippen LogP contribution in [0.3, 0.4) is 0 Å². The predicted molar refractivity (Wildman–Crippen MR) is 107 cm³/mol. The Hall–Kier alpha value is -2.42. The number of hydrogen-bond donors (Lipinski definition) is 0. The van der Waals surface area contributed by atoms with Gasteiger partial charge in [-0.2, -0.15) is 0 Å². The van der Waals surface area contributed by atoms with E-state index in [4.69, 9.17) is 9.47 Å². The minimum Gasteiger partial charge on any atom is -0.494 e. The van der Waals surface area contributed by atoms with Crippen LogP contribution in [0.25, 0.3) is 5.57 Å². The van der Waals surface area contributed by atoms with Crippen LogP contribution in [-0.4, -0.2) is 26.3 Å². The highest BCUT2D eigenvalue weighted by atomic mass is 16.5. The van der Waals surface area contributed by atoms with E-state index in [-0.39, 0.29) is 0 Å². The van der Waals surface area contributed by atoms with Gasteiger partial charge in [0.05, 0.1) is 18.9 Å². The summed E-state index contributed by atoms with van der Waals surface area (Å²) < 4.78 is 11.4. The zero-order valence-electron chi connectivity index (χ0n) is 15.8. The molecule has 0 aliphatic heterocycles. The Kier molecular flexibility index (Phi) is 6.93. The summed E-state index contributed by atoms with van der Waals surface area (Å²) in [4.78, 5) is 2.30. The molecular weight excluding hydrogens is 310 g/mol. The molecule has 0 spiro atoms. The average Bonchev–Trinajstić information content (AvgIpc) is 2.64. The van der Waals surface area contributed by atoms with E-state index in [0.29, 0.717) is 13.2 Å². The van der Waals surface area contributed by atoms with Crippen LogP contribution in [-0.2, 0) is 0 Å². The summed E-state index contributed by atoms with van der Waals surface area (Å²) in [7, 11) is 0. The smallest absolute Gasteiger partial charge is 0.143 e. The Morgan fingerprint density at radius 1 is 0.840 bits per heavy atom. The van der Waals surface area contributed by atoms with Crippen molar-refractivity contribution in [3.8, 4) is 11.5 Å². The van der Waals surface area contributed by atoms with E-state index in [2.05, 4.69) is 43.5 Å². The lowest BCUT2D eigenvalue weighted by Gasteiger charge is -2.24. The molecule has 0 heterocycles. The molecule has 0 bridgehead atoms. The minimum atomic E-state index is 0.646. The monoisotopic (exact) mass is 339 g/mol. The molecule has 0 atom stereocenters. The molecule has 0 amide bonds. The lowest BCUT2D eigenvalue weighted by molar-refractivity contribution is 0.340. The molecule has 0 aliphatic carbocycles. The second-order valence-corrected chi connectivity index (χ2v) is 5.72. The number of nitrogens with zero attached hydrogens (tertiary/aromatic N) is 1. The molecule has 0 fully saturated rings. The summed E-state index contributed by atoms with van der Waals surface area (Å²) in [6.45, 7) is 15.8. The normalized spacial score (nSPS) is 10.4.